The molecule has 1 aliphatic carbocycles. The lowest BCUT2D eigenvalue weighted by atomic mass is 9.69. The van der Waals surface area contributed by atoms with Crippen molar-refractivity contribution in [3.8, 4) is 11.5 Å². The topological polar surface area (TPSA) is 85.2 Å². The van der Waals surface area contributed by atoms with Crippen molar-refractivity contribution in [2.75, 3.05) is 7.11 Å². The van der Waals surface area contributed by atoms with Gasteiger partial charge in [-0.1, -0.05) is 30.7 Å². The molecule has 1 aliphatic heterocycles. The molecule has 0 amide bonds. The van der Waals surface area contributed by atoms with Crippen LogP contribution >= 0.6 is 27.5 Å². The van der Waals surface area contributed by atoms with Crippen LogP contribution in [0.5, 0.6) is 11.5 Å². The second-order valence-corrected chi connectivity index (χ2v) is 10.6. The maximum atomic E-state index is 13.7. The van der Waals surface area contributed by atoms with Crippen molar-refractivity contribution in [3.63, 3.8) is 0 Å². The van der Waals surface area contributed by atoms with Crippen LogP contribution in [0.4, 0.5) is 0 Å². The summed E-state index contributed by atoms with van der Waals surface area (Å²) in [5.41, 5.74) is 3.50. The Morgan fingerprint density at radius 2 is 1.92 bits per heavy atom. The van der Waals surface area contributed by atoms with Crippen molar-refractivity contribution in [1.29, 1.82) is 0 Å². The molecule has 4 rings (SSSR count). The Bertz CT molecular complexity index is 1250. The van der Waals surface area contributed by atoms with Crippen LogP contribution in [0.3, 0.4) is 0 Å². The van der Waals surface area contributed by atoms with Gasteiger partial charge in [0.1, 0.15) is 5.92 Å². The summed E-state index contributed by atoms with van der Waals surface area (Å²) in [5, 5.41) is 11.0. The van der Waals surface area contributed by atoms with Crippen LogP contribution in [-0.4, -0.2) is 35.8 Å². The number of halogens is 2. The SMILES string of the molecule is CC[C@H](C)OC(=O)C1C(C)=NC2=C(C(=O)C[C@H](c3ccc(Cl)cc3)C2)[C@H]1c1cc(Br)c(O)c(OC)c1. The second kappa shape index (κ2) is 10.8. The molecule has 6 nitrogen and oxygen atoms in total. The van der Waals surface area contributed by atoms with Crippen molar-refractivity contribution in [3.05, 3.63) is 68.3 Å². The molecule has 0 radical (unpaired) electrons. The van der Waals surface area contributed by atoms with Gasteiger partial charge in [-0.2, -0.15) is 0 Å². The maximum absolute atomic E-state index is 13.7. The van der Waals surface area contributed by atoms with Crippen LogP contribution in [0, 0.1) is 5.92 Å². The predicted octanol–water partition coefficient (Wildman–Crippen LogP) is 6.73. The summed E-state index contributed by atoms with van der Waals surface area (Å²) in [6.45, 7) is 5.60. The molecule has 2 aliphatic rings. The number of phenolic OH excluding ortho intramolecular Hbond substituents is 1. The molecule has 0 bridgehead atoms. The normalized spacial score (nSPS) is 22.6. The average molecular weight is 575 g/mol. The number of benzene rings is 2. The van der Waals surface area contributed by atoms with Crippen LogP contribution in [0.2, 0.25) is 5.02 Å². The summed E-state index contributed by atoms with van der Waals surface area (Å²) in [6, 6.07) is 10.9. The molecule has 0 fully saturated rings. The Labute approximate surface area is 224 Å². The number of allylic oxidation sites excluding steroid dienone is 2. The average Bonchev–Trinajstić information content (AvgIpc) is 2.84. The second-order valence-electron chi connectivity index (χ2n) is 9.36. The Morgan fingerprint density at radius 1 is 1.22 bits per heavy atom. The van der Waals surface area contributed by atoms with Gasteiger partial charge in [-0.3, -0.25) is 14.6 Å². The Hall–Kier alpha value is -2.64. The van der Waals surface area contributed by atoms with Crippen LogP contribution in [0.1, 0.15) is 63.0 Å². The summed E-state index contributed by atoms with van der Waals surface area (Å²) >= 11 is 9.45. The molecule has 36 heavy (non-hydrogen) atoms. The number of ketones is 1. The molecule has 190 valence electrons. The van der Waals surface area contributed by atoms with E-state index in [0.717, 1.165) is 5.56 Å². The fourth-order valence-corrected chi connectivity index (χ4v) is 5.57. The van der Waals surface area contributed by atoms with Crippen molar-refractivity contribution >= 4 is 45.0 Å². The van der Waals surface area contributed by atoms with E-state index in [1.54, 1.807) is 12.1 Å². The minimum Gasteiger partial charge on any atom is -0.503 e. The highest BCUT2D eigenvalue weighted by molar-refractivity contribution is 9.10. The number of rotatable bonds is 6. The van der Waals surface area contributed by atoms with E-state index in [-0.39, 0.29) is 29.3 Å². The number of hydrogen-bond donors (Lipinski definition) is 1. The van der Waals surface area contributed by atoms with Crippen molar-refractivity contribution in [1.82, 2.24) is 0 Å². The number of carbonyl (C=O) groups is 2. The first kappa shape index (κ1) is 26.4. The zero-order chi connectivity index (χ0) is 26.1. The van der Waals surface area contributed by atoms with E-state index in [0.29, 0.717) is 51.3 Å². The first-order valence-corrected chi connectivity index (χ1v) is 13.1. The quantitative estimate of drug-likeness (QED) is 0.387. The fourth-order valence-electron chi connectivity index (χ4n) is 4.98. The maximum Gasteiger partial charge on any atom is 0.315 e. The smallest absolute Gasteiger partial charge is 0.315 e. The highest BCUT2D eigenvalue weighted by Gasteiger charge is 2.45. The number of ether oxygens (including phenoxy) is 2. The fraction of sp³-hybridized carbons (Fsp3) is 0.393. The first-order valence-electron chi connectivity index (χ1n) is 12.0. The molecule has 0 saturated carbocycles. The minimum atomic E-state index is -0.769. The van der Waals surface area contributed by atoms with Gasteiger partial charge in [-0.05, 0) is 83.9 Å². The number of carbonyl (C=O) groups excluding carboxylic acids is 2. The summed E-state index contributed by atoms with van der Waals surface area (Å²) < 4.78 is 11.5. The van der Waals surface area contributed by atoms with Crippen LogP contribution < -0.4 is 4.74 Å². The number of Topliss-reactive ketones (excluding diaryl/α,β-unsaturated/α-hetero) is 1. The summed E-state index contributed by atoms with van der Waals surface area (Å²) in [7, 11) is 1.46. The number of nitrogens with zero attached hydrogens (tertiary/aromatic N) is 1. The molecular formula is C28H29BrClNO5. The molecular weight excluding hydrogens is 546 g/mol. The van der Waals surface area contributed by atoms with E-state index in [9.17, 15) is 14.7 Å². The van der Waals surface area contributed by atoms with Gasteiger partial charge < -0.3 is 14.6 Å². The van der Waals surface area contributed by atoms with Crippen molar-refractivity contribution in [2.24, 2.45) is 10.9 Å². The lowest BCUT2D eigenvalue weighted by Crippen LogP contribution is -2.39. The monoisotopic (exact) mass is 573 g/mol. The molecule has 0 aromatic heterocycles. The lowest BCUT2D eigenvalue weighted by molar-refractivity contribution is -0.151. The molecule has 2 aromatic carbocycles. The van der Waals surface area contributed by atoms with E-state index in [1.807, 2.05) is 45.0 Å². The zero-order valence-electron chi connectivity index (χ0n) is 20.7. The van der Waals surface area contributed by atoms with Crippen LogP contribution in [0.25, 0.3) is 0 Å². The molecule has 4 atom stereocenters. The first-order chi connectivity index (χ1) is 17.1. The van der Waals surface area contributed by atoms with Gasteiger partial charge >= 0.3 is 5.97 Å². The Morgan fingerprint density at radius 3 is 2.56 bits per heavy atom. The number of aliphatic imine (C=N–C) groups is 1. The van der Waals surface area contributed by atoms with Gasteiger partial charge in [0.2, 0.25) is 0 Å². The molecule has 1 unspecified atom stereocenters. The van der Waals surface area contributed by atoms with Gasteiger partial charge in [0.25, 0.3) is 0 Å². The van der Waals surface area contributed by atoms with Crippen LogP contribution in [-0.2, 0) is 14.3 Å². The summed E-state index contributed by atoms with van der Waals surface area (Å²) in [5.74, 6) is -1.69. The molecule has 1 N–H and O–H groups in total. The Kier molecular flexibility index (Phi) is 7.90. The largest absolute Gasteiger partial charge is 0.503 e. The van der Waals surface area contributed by atoms with E-state index in [1.165, 1.54) is 7.11 Å². The van der Waals surface area contributed by atoms with E-state index < -0.39 is 17.8 Å². The Balaban J connectivity index is 1.83. The standard InChI is InChI=1S/C28H29BrClNO5/c1-5-14(2)36-28(34)24-15(3)31-21-11-17(16-6-8-19(30)9-7-16)12-22(32)26(21)25(24)18-10-20(29)27(33)23(13-18)35-4/h6-10,13-14,17,24-25,33H,5,11-12H2,1-4H3/t14-,17+,24?,25-/m0/s1. The number of methoxy groups -OCH3 is 1. The third kappa shape index (κ3) is 5.09. The van der Waals surface area contributed by atoms with E-state index in [4.69, 9.17) is 26.1 Å². The van der Waals surface area contributed by atoms with E-state index >= 15 is 0 Å². The van der Waals surface area contributed by atoms with Gasteiger partial charge in [0, 0.05) is 34.3 Å². The van der Waals surface area contributed by atoms with Gasteiger partial charge in [-0.25, -0.2) is 0 Å². The van der Waals surface area contributed by atoms with Crippen molar-refractivity contribution < 1.29 is 24.2 Å². The highest BCUT2D eigenvalue weighted by atomic mass is 79.9. The number of esters is 1. The highest BCUT2D eigenvalue weighted by Crippen LogP contribution is 2.49. The number of phenols is 1. The number of hydrogen-bond acceptors (Lipinski definition) is 6. The molecule has 0 spiro atoms. The third-order valence-electron chi connectivity index (χ3n) is 7.01. The summed E-state index contributed by atoms with van der Waals surface area (Å²) in [4.78, 5) is 31.9. The van der Waals surface area contributed by atoms with Crippen LogP contribution in [0.15, 0.2) is 57.1 Å². The van der Waals surface area contributed by atoms with Gasteiger partial charge in [-0.15, -0.1) is 0 Å². The lowest BCUT2D eigenvalue weighted by Gasteiger charge is -2.37. The number of aromatic hydroxyl groups is 1. The molecule has 2 aromatic rings. The van der Waals surface area contributed by atoms with Gasteiger partial charge in [0.15, 0.2) is 17.3 Å². The minimum absolute atomic E-state index is 0.0320. The zero-order valence-corrected chi connectivity index (χ0v) is 23.0. The molecule has 8 heteroatoms. The summed E-state index contributed by atoms with van der Waals surface area (Å²) in [6.07, 6.45) is 1.28. The molecule has 0 saturated heterocycles. The third-order valence-corrected chi connectivity index (χ3v) is 7.86. The van der Waals surface area contributed by atoms with Crippen molar-refractivity contribution in [2.45, 2.75) is 58.0 Å². The van der Waals surface area contributed by atoms with E-state index in [2.05, 4.69) is 15.9 Å². The van der Waals surface area contributed by atoms with Gasteiger partial charge in [0.05, 0.1) is 17.7 Å². The molecule has 1 heterocycles. The predicted molar refractivity (Wildman–Crippen MR) is 143 cm³/mol.